The van der Waals surface area contributed by atoms with Crippen LogP contribution in [-0.2, 0) is 0 Å². The van der Waals surface area contributed by atoms with Gasteiger partial charge in [-0.15, -0.1) is 0 Å². The molecule has 2 rings (SSSR count). The first-order chi connectivity index (χ1) is 9.20. The lowest BCUT2D eigenvalue weighted by Gasteiger charge is -2.32. The fraction of sp³-hybridized carbons (Fsp3) is 0.333. The monoisotopic (exact) mass is 299 g/mol. The summed E-state index contributed by atoms with van der Waals surface area (Å²) in [5.41, 5.74) is -3.09. The van der Waals surface area contributed by atoms with Crippen molar-refractivity contribution < 1.29 is 30.8 Å². The highest BCUT2D eigenvalue weighted by atomic mass is 19.2. The number of rotatable bonds is 1. The molecule has 1 atom stereocenters. The lowest BCUT2D eigenvalue weighted by molar-refractivity contribution is 0.289. The number of hydrogen-bond acceptors (Lipinski definition) is 1. The van der Waals surface area contributed by atoms with E-state index in [9.17, 15) is 30.8 Å². The lowest BCUT2D eigenvalue weighted by Crippen LogP contribution is -2.38. The van der Waals surface area contributed by atoms with Crippen LogP contribution in [0.25, 0.3) is 5.83 Å². The van der Waals surface area contributed by atoms with E-state index < -0.39 is 63.3 Å². The summed E-state index contributed by atoms with van der Waals surface area (Å²) in [4.78, 5) is 0. The fourth-order valence-corrected chi connectivity index (χ4v) is 2.06. The summed E-state index contributed by atoms with van der Waals surface area (Å²) in [7, 11) is 0. The van der Waals surface area contributed by atoms with Crippen molar-refractivity contribution in [3.8, 4) is 0 Å². The normalized spacial score (nSPS) is 18.9. The second-order valence-electron chi connectivity index (χ2n) is 4.64. The van der Waals surface area contributed by atoms with Gasteiger partial charge < -0.3 is 0 Å². The average Bonchev–Trinajstić information content (AvgIpc) is 2.37. The Morgan fingerprint density at radius 1 is 0.850 bits per heavy atom. The van der Waals surface area contributed by atoms with E-state index in [1.807, 2.05) is 0 Å². The molecule has 0 N–H and O–H groups in total. The SMILES string of the molecule is CC(C)C1C(F)=C(F)c2c(F)c(F)c(F)c(F)c2N1F. The summed E-state index contributed by atoms with van der Waals surface area (Å²) in [5.74, 6) is -13.4. The Morgan fingerprint density at radius 3 is 1.85 bits per heavy atom. The van der Waals surface area contributed by atoms with Crippen molar-refractivity contribution in [1.82, 2.24) is 0 Å². The van der Waals surface area contributed by atoms with E-state index in [0.717, 1.165) is 0 Å². The predicted octanol–water partition coefficient (Wildman–Crippen LogP) is 4.58. The van der Waals surface area contributed by atoms with Crippen molar-refractivity contribution in [1.29, 1.82) is 0 Å². The van der Waals surface area contributed by atoms with Crippen LogP contribution in [0.2, 0.25) is 0 Å². The molecule has 1 aromatic rings. The average molecular weight is 299 g/mol. The number of hydrogen-bond donors (Lipinski definition) is 0. The Balaban J connectivity index is 2.86. The minimum absolute atomic E-state index is 0.626. The maximum absolute atomic E-state index is 14.0. The second-order valence-corrected chi connectivity index (χ2v) is 4.64. The van der Waals surface area contributed by atoms with Crippen LogP contribution < -0.4 is 5.12 Å². The third kappa shape index (κ3) is 1.77. The fourth-order valence-electron chi connectivity index (χ4n) is 2.06. The molecule has 1 unspecified atom stereocenters. The summed E-state index contributed by atoms with van der Waals surface area (Å²) >= 11 is 0. The van der Waals surface area contributed by atoms with Crippen LogP contribution in [0.3, 0.4) is 0 Å². The molecule has 0 saturated carbocycles. The minimum Gasteiger partial charge on any atom is -0.206 e. The first-order valence-corrected chi connectivity index (χ1v) is 5.56. The van der Waals surface area contributed by atoms with Crippen molar-refractivity contribution in [3.63, 3.8) is 0 Å². The van der Waals surface area contributed by atoms with Gasteiger partial charge in [0.05, 0.1) is 5.56 Å². The Hall–Kier alpha value is -1.73. The molecular weight excluding hydrogens is 291 g/mol. The van der Waals surface area contributed by atoms with Gasteiger partial charge in [0.25, 0.3) is 0 Å². The Bertz CT molecular complexity index is 609. The highest BCUT2D eigenvalue weighted by Gasteiger charge is 2.43. The quantitative estimate of drug-likeness (QED) is 0.317. The molecule has 1 heterocycles. The second kappa shape index (κ2) is 4.68. The van der Waals surface area contributed by atoms with Gasteiger partial charge in [0.1, 0.15) is 11.7 Å². The molecule has 0 spiro atoms. The molecule has 1 aliphatic heterocycles. The molecule has 110 valence electrons. The van der Waals surface area contributed by atoms with Crippen LogP contribution in [0.5, 0.6) is 0 Å². The molecule has 0 radical (unpaired) electrons. The summed E-state index contributed by atoms with van der Waals surface area (Å²) in [6.07, 6.45) is 0. The molecule has 0 bridgehead atoms. The summed E-state index contributed by atoms with van der Waals surface area (Å²) < 4.78 is 94.4. The van der Waals surface area contributed by atoms with Crippen LogP contribution in [0, 0.1) is 29.2 Å². The summed E-state index contributed by atoms with van der Waals surface area (Å²) in [5, 5.41) is -0.626. The van der Waals surface area contributed by atoms with E-state index in [4.69, 9.17) is 0 Å². The van der Waals surface area contributed by atoms with Crippen molar-refractivity contribution in [2.75, 3.05) is 5.12 Å². The van der Waals surface area contributed by atoms with Gasteiger partial charge >= 0.3 is 0 Å². The highest BCUT2D eigenvalue weighted by molar-refractivity contribution is 5.79. The van der Waals surface area contributed by atoms with Crippen molar-refractivity contribution in [2.45, 2.75) is 19.9 Å². The molecule has 8 heteroatoms. The van der Waals surface area contributed by atoms with E-state index in [0.29, 0.717) is 0 Å². The third-order valence-electron chi connectivity index (χ3n) is 3.02. The van der Waals surface area contributed by atoms with Crippen molar-refractivity contribution in [2.24, 2.45) is 5.92 Å². The standard InChI is InChI=1S/C12H8F7N/c1-3(2)11-9(17)6(14)4-5(13)7(15)8(16)10(18)12(4)20(11)19/h3,11H,1-2H3. The number of halogens is 7. The molecule has 1 nitrogen and oxygen atoms in total. The number of fused-ring (bicyclic) bond motifs is 1. The van der Waals surface area contributed by atoms with Gasteiger partial charge in [-0.2, -0.15) is 5.12 Å². The Morgan fingerprint density at radius 2 is 1.35 bits per heavy atom. The first kappa shape index (κ1) is 14.7. The molecular formula is C12H8F7N. The first-order valence-electron chi connectivity index (χ1n) is 5.56. The molecule has 0 amide bonds. The third-order valence-corrected chi connectivity index (χ3v) is 3.02. The van der Waals surface area contributed by atoms with E-state index in [1.165, 1.54) is 13.8 Å². The van der Waals surface area contributed by atoms with Gasteiger partial charge in [-0.05, 0) is 5.92 Å². The topological polar surface area (TPSA) is 3.24 Å². The van der Waals surface area contributed by atoms with E-state index in [1.54, 1.807) is 0 Å². The number of benzene rings is 1. The smallest absolute Gasteiger partial charge is 0.199 e. The van der Waals surface area contributed by atoms with Gasteiger partial charge in [-0.1, -0.05) is 18.3 Å². The van der Waals surface area contributed by atoms with Crippen molar-refractivity contribution >= 4 is 11.5 Å². The van der Waals surface area contributed by atoms with E-state index >= 15 is 0 Å². The Labute approximate surface area is 109 Å². The summed E-state index contributed by atoms with van der Waals surface area (Å²) in [6, 6.07) is -1.89. The molecule has 0 saturated heterocycles. The predicted molar refractivity (Wildman–Crippen MR) is 57.6 cm³/mol. The molecule has 1 aliphatic rings. The molecule has 20 heavy (non-hydrogen) atoms. The van der Waals surface area contributed by atoms with Gasteiger partial charge in [0.2, 0.25) is 0 Å². The Kier molecular flexibility index (Phi) is 3.43. The highest BCUT2D eigenvalue weighted by Crippen LogP contribution is 2.45. The van der Waals surface area contributed by atoms with Gasteiger partial charge in [-0.3, -0.25) is 0 Å². The van der Waals surface area contributed by atoms with Crippen LogP contribution in [-0.4, -0.2) is 6.04 Å². The maximum atomic E-state index is 14.0. The minimum atomic E-state index is -2.33. The number of anilines is 1. The van der Waals surface area contributed by atoms with Crippen LogP contribution in [0.15, 0.2) is 5.83 Å². The molecule has 0 fully saturated rings. The molecule has 1 aromatic carbocycles. The van der Waals surface area contributed by atoms with Gasteiger partial charge in [0, 0.05) is 0 Å². The molecule has 0 aliphatic carbocycles. The van der Waals surface area contributed by atoms with Crippen molar-refractivity contribution in [3.05, 3.63) is 34.7 Å². The zero-order chi connectivity index (χ0) is 15.4. The lowest BCUT2D eigenvalue weighted by atomic mass is 9.94. The van der Waals surface area contributed by atoms with E-state index in [2.05, 4.69) is 0 Å². The zero-order valence-corrected chi connectivity index (χ0v) is 10.2. The van der Waals surface area contributed by atoms with Crippen LogP contribution in [0.4, 0.5) is 36.5 Å². The van der Waals surface area contributed by atoms with E-state index in [-0.39, 0.29) is 0 Å². The largest absolute Gasteiger partial charge is 0.206 e. The zero-order valence-electron chi connectivity index (χ0n) is 10.2. The van der Waals surface area contributed by atoms with Gasteiger partial charge in [-0.25, -0.2) is 26.3 Å². The van der Waals surface area contributed by atoms with Crippen LogP contribution >= 0.6 is 0 Å². The van der Waals surface area contributed by atoms with Crippen LogP contribution in [0.1, 0.15) is 19.4 Å². The summed E-state index contributed by atoms with van der Waals surface area (Å²) in [6.45, 7) is 2.59. The molecule has 0 aromatic heterocycles. The number of nitrogens with zero attached hydrogens (tertiary/aromatic N) is 1. The van der Waals surface area contributed by atoms with Gasteiger partial charge in [0.15, 0.2) is 34.9 Å². The maximum Gasteiger partial charge on any atom is 0.199 e.